The second-order valence-corrected chi connectivity index (χ2v) is 4.14. The summed E-state index contributed by atoms with van der Waals surface area (Å²) in [6.07, 6.45) is 8.04. The van der Waals surface area contributed by atoms with Crippen LogP contribution in [0.5, 0.6) is 0 Å². The molecule has 3 nitrogen and oxygen atoms in total. The van der Waals surface area contributed by atoms with Crippen molar-refractivity contribution in [3.63, 3.8) is 0 Å². The topological polar surface area (TPSA) is 57.5 Å². The Morgan fingerprint density at radius 2 is 1.67 bits per heavy atom. The van der Waals surface area contributed by atoms with E-state index in [1.54, 1.807) is 0 Å². The molecule has 0 aromatic carbocycles. The molecule has 0 rings (SSSR count). The maximum absolute atomic E-state index is 10.2. The molecule has 0 aromatic heterocycles. The van der Waals surface area contributed by atoms with Gasteiger partial charge >= 0.3 is 5.97 Å². The Morgan fingerprint density at radius 3 is 2.27 bits per heavy atom. The molecule has 1 atom stereocenters. The van der Waals surface area contributed by atoms with Gasteiger partial charge in [-0.25, -0.2) is 0 Å². The van der Waals surface area contributed by atoms with Crippen molar-refractivity contribution < 1.29 is 15.0 Å². The van der Waals surface area contributed by atoms with Crippen LogP contribution < -0.4 is 0 Å². The van der Waals surface area contributed by atoms with Crippen LogP contribution >= 0.6 is 0 Å². The number of hydrogen-bond donors (Lipinski definition) is 2. The fourth-order valence-corrected chi connectivity index (χ4v) is 1.66. The van der Waals surface area contributed by atoms with Gasteiger partial charge in [-0.15, -0.1) is 0 Å². The highest BCUT2D eigenvalue weighted by atomic mass is 16.4. The lowest BCUT2D eigenvalue weighted by molar-refractivity contribution is -0.137. The van der Waals surface area contributed by atoms with E-state index in [9.17, 15) is 9.90 Å². The molecular weight excluding hydrogens is 192 g/mol. The lowest BCUT2D eigenvalue weighted by Crippen LogP contribution is -2.04. The highest BCUT2D eigenvalue weighted by Gasteiger charge is 2.01. The predicted molar refractivity (Wildman–Crippen MR) is 60.9 cm³/mol. The Labute approximate surface area is 92.5 Å². The Balaban J connectivity index is 3.07. The summed E-state index contributed by atoms with van der Waals surface area (Å²) in [4.78, 5) is 10.2. The smallest absolute Gasteiger partial charge is 0.303 e. The number of hydrogen-bond acceptors (Lipinski definition) is 2. The summed E-state index contributed by atoms with van der Waals surface area (Å²) in [5, 5.41) is 17.9. The molecule has 0 saturated carbocycles. The molecule has 0 radical (unpaired) electrons. The van der Waals surface area contributed by atoms with Crippen LogP contribution in [0.15, 0.2) is 0 Å². The van der Waals surface area contributed by atoms with Crippen LogP contribution in [0.2, 0.25) is 0 Å². The van der Waals surface area contributed by atoms with Gasteiger partial charge in [-0.1, -0.05) is 39.0 Å². The summed E-state index contributed by atoms with van der Waals surface area (Å²) in [6, 6.07) is 0. The van der Waals surface area contributed by atoms with E-state index >= 15 is 0 Å². The van der Waals surface area contributed by atoms with Gasteiger partial charge in [0.05, 0.1) is 6.10 Å². The molecule has 2 N–H and O–H groups in total. The summed E-state index contributed by atoms with van der Waals surface area (Å²) in [7, 11) is 0. The van der Waals surface area contributed by atoms with E-state index in [1.165, 1.54) is 0 Å². The first-order chi connectivity index (χ1) is 7.16. The van der Waals surface area contributed by atoms with E-state index in [4.69, 9.17) is 5.11 Å². The van der Waals surface area contributed by atoms with Gasteiger partial charge in [-0.05, 0) is 19.3 Å². The SMILES string of the molecule is CCCC(O)CCCCCCCC(=O)O. The maximum Gasteiger partial charge on any atom is 0.303 e. The van der Waals surface area contributed by atoms with Crippen LogP contribution in [0.4, 0.5) is 0 Å². The van der Waals surface area contributed by atoms with Gasteiger partial charge < -0.3 is 10.2 Å². The third-order valence-electron chi connectivity index (χ3n) is 2.55. The molecule has 0 heterocycles. The molecule has 0 bridgehead atoms. The quantitative estimate of drug-likeness (QED) is 0.552. The molecule has 90 valence electrons. The number of aliphatic carboxylic acids is 1. The molecule has 15 heavy (non-hydrogen) atoms. The third-order valence-corrected chi connectivity index (χ3v) is 2.55. The van der Waals surface area contributed by atoms with Crippen LogP contribution in [0, 0.1) is 0 Å². The van der Waals surface area contributed by atoms with Crippen molar-refractivity contribution in [2.75, 3.05) is 0 Å². The molecule has 3 heteroatoms. The van der Waals surface area contributed by atoms with Crippen molar-refractivity contribution in [3.8, 4) is 0 Å². The molecule has 1 unspecified atom stereocenters. The van der Waals surface area contributed by atoms with Crippen LogP contribution in [0.3, 0.4) is 0 Å². The van der Waals surface area contributed by atoms with E-state index in [0.29, 0.717) is 6.42 Å². The Morgan fingerprint density at radius 1 is 1.07 bits per heavy atom. The minimum absolute atomic E-state index is 0.131. The molecule has 0 fully saturated rings. The number of carbonyl (C=O) groups is 1. The van der Waals surface area contributed by atoms with E-state index in [0.717, 1.165) is 51.4 Å². The zero-order chi connectivity index (χ0) is 11.5. The van der Waals surface area contributed by atoms with Crippen LogP contribution in [-0.2, 0) is 4.79 Å². The molecule has 0 aliphatic rings. The largest absolute Gasteiger partial charge is 0.481 e. The monoisotopic (exact) mass is 216 g/mol. The first-order valence-corrected chi connectivity index (χ1v) is 6.06. The second kappa shape index (κ2) is 9.97. The van der Waals surface area contributed by atoms with Gasteiger partial charge in [0.1, 0.15) is 0 Å². The van der Waals surface area contributed by atoms with E-state index in [2.05, 4.69) is 6.92 Å². The van der Waals surface area contributed by atoms with Crippen molar-refractivity contribution in [2.24, 2.45) is 0 Å². The highest BCUT2D eigenvalue weighted by Crippen LogP contribution is 2.10. The summed E-state index contributed by atoms with van der Waals surface area (Å²) < 4.78 is 0. The molecular formula is C12H24O3. The highest BCUT2D eigenvalue weighted by molar-refractivity contribution is 5.66. The van der Waals surface area contributed by atoms with Crippen LogP contribution in [0.25, 0.3) is 0 Å². The fourth-order valence-electron chi connectivity index (χ4n) is 1.66. The first-order valence-electron chi connectivity index (χ1n) is 6.06. The first kappa shape index (κ1) is 14.4. The number of carboxylic acid groups (broad SMARTS) is 1. The standard InChI is InChI=1S/C12H24O3/c1-2-8-11(13)9-6-4-3-5-7-10-12(14)15/h11,13H,2-10H2,1H3,(H,14,15). The van der Waals surface area contributed by atoms with E-state index in [1.807, 2.05) is 0 Å². The summed E-state index contributed by atoms with van der Waals surface area (Å²) in [5.74, 6) is -0.701. The molecule has 0 aromatic rings. The molecule has 0 aliphatic carbocycles. The van der Waals surface area contributed by atoms with Gasteiger partial charge in [0.15, 0.2) is 0 Å². The maximum atomic E-state index is 10.2. The number of aliphatic hydroxyl groups is 1. The van der Waals surface area contributed by atoms with Crippen molar-refractivity contribution in [3.05, 3.63) is 0 Å². The van der Waals surface area contributed by atoms with Crippen molar-refractivity contribution in [1.82, 2.24) is 0 Å². The zero-order valence-electron chi connectivity index (χ0n) is 9.74. The number of aliphatic hydroxyl groups excluding tert-OH is 1. The normalized spacial score (nSPS) is 12.7. The molecule has 0 spiro atoms. The minimum atomic E-state index is -0.701. The zero-order valence-corrected chi connectivity index (χ0v) is 9.74. The lowest BCUT2D eigenvalue weighted by atomic mass is 10.0. The van der Waals surface area contributed by atoms with Gasteiger partial charge in [0.2, 0.25) is 0 Å². The lowest BCUT2D eigenvalue weighted by Gasteiger charge is -2.08. The fraction of sp³-hybridized carbons (Fsp3) is 0.917. The second-order valence-electron chi connectivity index (χ2n) is 4.14. The summed E-state index contributed by atoms with van der Waals surface area (Å²) >= 11 is 0. The van der Waals surface area contributed by atoms with E-state index < -0.39 is 5.97 Å². The Kier molecular flexibility index (Phi) is 9.59. The Bertz CT molecular complexity index is 157. The number of unbranched alkanes of at least 4 members (excludes halogenated alkanes) is 4. The van der Waals surface area contributed by atoms with E-state index in [-0.39, 0.29) is 6.10 Å². The molecule has 0 amide bonds. The van der Waals surface area contributed by atoms with Gasteiger partial charge in [-0.3, -0.25) is 4.79 Å². The van der Waals surface area contributed by atoms with Gasteiger partial charge in [0.25, 0.3) is 0 Å². The van der Waals surface area contributed by atoms with Crippen molar-refractivity contribution in [1.29, 1.82) is 0 Å². The molecule has 0 saturated heterocycles. The number of carboxylic acids is 1. The van der Waals surface area contributed by atoms with Crippen LogP contribution in [-0.4, -0.2) is 22.3 Å². The Hall–Kier alpha value is -0.570. The average molecular weight is 216 g/mol. The molecule has 0 aliphatic heterocycles. The predicted octanol–water partition coefficient (Wildman–Crippen LogP) is 2.96. The van der Waals surface area contributed by atoms with Crippen LogP contribution in [0.1, 0.15) is 64.7 Å². The van der Waals surface area contributed by atoms with Crippen molar-refractivity contribution >= 4 is 5.97 Å². The average Bonchev–Trinajstić information content (AvgIpc) is 2.16. The summed E-state index contributed by atoms with van der Waals surface area (Å²) in [5.41, 5.74) is 0. The summed E-state index contributed by atoms with van der Waals surface area (Å²) in [6.45, 7) is 2.08. The third kappa shape index (κ3) is 11.4. The number of rotatable bonds is 10. The minimum Gasteiger partial charge on any atom is -0.481 e. The van der Waals surface area contributed by atoms with Gasteiger partial charge in [0, 0.05) is 6.42 Å². The van der Waals surface area contributed by atoms with Gasteiger partial charge in [-0.2, -0.15) is 0 Å². The van der Waals surface area contributed by atoms with Crippen molar-refractivity contribution in [2.45, 2.75) is 70.8 Å².